The first-order chi connectivity index (χ1) is 11.2. The Kier molecular flexibility index (Phi) is 5.08. The van der Waals surface area contributed by atoms with Gasteiger partial charge in [0.2, 0.25) is 0 Å². The van der Waals surface area contributed by atoms with Crippen LogP contribution in [0.15, 0.2) is 91.0 Å². The van der Waals surface area contributed by atoms with Crippen LogP contribution in [0.4, 0.5) is 0 Å². The standard InChI is InChI=1S/C19H15O3.Sn/c1-4-10-16(11-5-1)20-19(21-17-12-6-2-7-13-17)22-18-14-8-3-9-15-18;/h1-15H;/q;+3. The Hall–Kier alpha value is -2.14. The van der Waals surface area contributed by atoms with Crippen LogP contribution in [-0.4, -0.2) is 26.5 Å². The van der Waals surface area contributed by atoms with Crippen LogP contribution in [0.2, 0.25) is 0 Å². The minimum absolute atomic E-state index is 0.691. The zero-order valence-electron chi connectivity index (χ0n) is 12.4. The predicted molar refractivity (Wildman–Crippen MR) is 89.7 cm³/mol. The van der Waals surface area contributed by atoms with Gasteiger partial charge < -0.3 is 0 Å². The van der Waals surface area contributed by atoms with Gasteiger partial charge in [0, 0.05) is 0 Å². The summed E-state index contributed by atoms with van der Waals surface area (Å²) in [4.78, 5) is 0. The monoisotopic (exact) mass is 411 g/mol. The summed E-state index contributed by atoms with van der Waals surface area (Å²) in [5.74, 6) is 2.07. The fraction of sp³-hybridized carbons (Fsp3) is 0.0526. The number of hydrogen-bond donors (Lipinski definition) is 0. The van der Waals surface area contributed by atoms with E-state index in [1.165, 1.54) is 0 Å². The molecule has 0 bridgehead atoms. The molecule has 0 atom stereocenters. The van der Waals surface area contributed by atoms with Gasteiger partial charge in [-0.05, 0) is 0 Å². The van der Waals surface area contributed by atoms with Crippen molar-refractivity contribution in [2.45, 2.75) is 3.99 Å². The van der Waals surface area contributed by atoms with Gasteiger partial charge in [-0.3, -0.25) is 0 Å². The third-order valence-electron chi connectivity index (χ3n) is 2.99. The van der Waals surface area contributed by atoms with Crippen molar-refractivity contribution in [1.82, 2.24) is 0 Å². The summed E-state index contributed by atoms with van der Waals surface area (Å²) in [7, 11) is 0. The summed E-state index contributed by atoms with van der Waals surface area (Å²) in [5.41, 5.74) is 0. The molecule has 0 spiro atoms. The molecular formula is C19H15O3Sn+3. The Bertz CT molecular complexity index is 616. The van der Waals surface area contributed by atoms with Crippen molar-refractivity contribution in [2.75, 3.05) is 0 Å². The van der Waals surface area contributed by atoms with E-state index < -0.39 is 3.99 Å². The summed E-state index contributed by atoms with van der Waals surface area (Å²) < 4.78 is 16.8. The van der Waals surface area contributed by atoms with Gasteiger partial charge in [-0.25, -0.2) is 0 Å². The maximum atomic E-state index is 6.01. The molecule has 0 heterocycles. The molecule has 4 heteroatoms. The van der Waals surface area contributed by atoms with E-state index in [2.05, 4.69) is 0 Å². The molecule has 0 unspecified atom stereocenters. The van der Waals surface area contributed by atoms with Gasteiger partial charge in [0.25, 0.3) is 0 Å². The summed E-state index contributed by atoms with van der Waals surface area (Å²) in [6.45, 7) is 0. The number of hydrogen-bond acceptors (Lipinski definition) is 3. The van der Waals surface area contributed by atoms with Gasteiger partial charge in [-0.1, -0.05) is 0 Å². The molecule has 0 aromatic heterocycles. The zero-order valence-corrected chi connectivity index (χ0v) is 15.2. The van der Waals surface area contributed by atoms with Gasteiger partial charge >= 0.3 is 149 Å². The second-order valence-corrected chi connectivity index (χ2v) is 6.55. The molecule has 3 aromatic rings. The van der Waals surface area contributed by atoms with E-state index >= 15 is 0 Å². The van der Waals surface area contributed by atoms with Crippen LogP contribution in [0, 0.1) is 0 Å². The van der Waals surface area contributed by atoms with Crippen molar-refractivity contribution in [1.29, 1.82) is 0 Å². The molecule has 3 rings (SSSR count). The van der Waals surface area contributed by atoms with Crippen LogP contribution < -0.4 is 14.2 Å². The van der Waals surface area contributed by atoms with E-state index in [0.717, 1.165) is 22.5 Å². The fourth-order valence-electron chi connectivity index (χ4n) is 1.99. The van der Waals surface area contributed by atoms with Gasteiger partial charge in [0.1, 0.15) is 0 Å². The van der Waals surface area contributed by atoms with E-state index in [4.69, 9.17) is 14.2 Å². The van der Waals surface area contributed by atoms with Crippen LogP contribution in [0.5, 0.6) is 17.2 Å². The third-order valence-corrected chi connectivity index (χ3v) is 3.86. The Morgan fingerprint density at radius 1 is 0.478 bits per heavy atom. The second kappa shape index (κ2) is 7.42. The maximum absolute atomic E-state index is 6.01. The quantitative estimate of drug-likeness (QED) is 0.455. The molecule has 110 valence electrons. The molecule has 0 aliphatic rings. The topological polar surface area (TPSA) is 27.7 Å². The van der Waals surface area contributed by atoms with E-state index in [1.807, 2.05) is 91.0 Å². The first-order valence-corrected chi connectivity index (χ1v) is 8.63. The normalized spacial score (nSPS) is 10.9. The minimum atomic E-state index is -1.20. The van der Waals surface area contributed by atoms with Crippen LogP contribution >= 0.6 is 0 Å². The van der Waals surface area contributed by atoms with Crippen molar-refractivity contribution in [3.05, 3.63) is 91.0 Å². The Morgan fingerprint density at radius 3 is 1.00 bits per heavy atom. The third kappa shape index (κ3) is 4.66. The first-order valence-electron chi connectivity index (χ1n) is 7.21. The van der Waals surface area contributed by atoms with Crippen LogP contribution in [-0.2, 0) is 0 Å². The molecule has 0 aliphatic heterocycles. The molecule has 3 nitrogen and oxygen atoms in total. The van der Waals surface area contributed by atoms with Gasteiger partial charge in [0.15, 0.2) is 0 Å². The van der Waals surface area contributed by atoms with Crippen molar-refractivity contribution < 1.29 is 14.2 Å². The van der Waals surface area contributed by atoms with Gasteiger partial charge in [-0.2, -0.15) is 0 Å². The van der Waals surface area contributed by atoms with Crippen molar-refractivity contribution in [2.24, 2.45) is 0 Å². The molecule has 23 heavy (non-hydrogen) atoms. The Morgan fingerprint density at radius 2 is 0.739 bits per heavy atom. The summed E-state index contributed by atoms with van der Waals surface area (Å²) in [5, 5.41) is 0. The average Bonchev–Trinajstić information content (AvgIpc) is 2.57. The number of rotatable bonds is 6. The SMILES string of the molecule is [Sn+3][C](Oc1ccccc1)(Oc1ccccc1)Oc1ccccc1. The predicted octanol–water partition coefficient (Wildman–Crippen LogP) is 4.00. The van der Waals surface area contributed by atoms with E-state index in [-0.39, 0.29) is 0 Å². The van der Waals surface area contributed by atoms with E-state index in [9.17, 15) is 0 Å². The van der Waals surface area contributed by atoms with Crippen LogP contribution in [0.25, 0.3) is 0 Å². The fourth-order valence-corrected chi connectivity index (χ4v) is 3.00. The summed E-state index contributed by atoms with van der Waals surface area (Å²) in [6, 6.07) is 28.6. The average molecular weight is 410 g/mol. The first kappa shape index (κ1) is 15.7. The molecule has 0 saturated heterocycles. The summed E-state index contributed by atoms with van der Waals surface area (Å²) in [6.07, 6.45) is 0. The Labute approximate surface area is 148 Å². The van der Waals surface area contributed by atoms with Gasteiger partial charge in [-0.15, -0.1) is 0 Å². The van der Waals surface area contributed by atoms with E-state index in [0.29, 0.717) is 17.2 Å². The molecule has 0 fully saturated rings. The molecule has 0 aliphatic carbocycles. The van der Waals surface area contributed by atoms with Gasteiger partial charge in [0.05, 0.1) is 0 Å². The summed E-state index contributed by atoms with van der Waals surface area (Å²) >= 11 is 0.944. The molecule has 0 N–H and O–H groups in total. The molecular weight excluding hydrogens is 395 g/mol. The molecule has 0 amide bonds. The second-order valence-electron chi connectivity index (χ2n) is 4.80. The van der Waals surface area contributed by atoms with Crippen LogP contribution in [0.3, 0.4) is 0 Å². The van der Waals surface area contributed by atoms with Crippen LogP contribution in [0.1, 0.15) is 0 Å². The Balaban J connectivity index is 1.85. The molecule has 0 radical (unpaired) electrons. The molecule has 3 aromatic carbocycles. The van der Waals surface area contributed by atoms with Crippen molar-refractivity contribution in [3.8, 4) is 17.2 Å². The zero-order chi connectivity index (χ0) is 16.0. The van der Waals surface area contributed by atoms with Crippen molar-refractivity contribution in [3.63, 3.8) is 0 Å². The number of benzene rings is 3. The number of ether oxygens (including phenoxy) is 3. The molecule has 0 saturated carbocycles. The number of para-hydroxylation sites is 3. The van der Waals surface area contributed by atoms with E-state index in [1.54, 1.807) is 0 Å². The van der Waals surface area contributed by atoms with Crippen molar-refractivity contribution >= 4 is 22.5 Å².